The minimum atomic E-state index is -0.398. The van der Waals surface area contributed by atoms with Crippen molar-refractivity contribution in [3.05, 3.63) is 35.1 Å². The van der Waals surface area contributed by atoms with Gasteiger partial charge in [-0.05, 0) is 5.02 Å². The first-order valence-electron chi connectivity index (χ1n) is 2.38. The molecule has 0 aliphatic carbocycles. The SMILES string of the molecule is Fc1cc[c-]cc1Cl.[Zn+][Br]. The van der Waals surface area contributed by atoms with E-state index in [1.807, 2.05) is 0 Å². The molecule has 0 bridgehead atoms. The summed E-state index contributed by atoms with van der Waals surface area (Å²) in [6, 6.07) is 6.75. The zero-order valence-corrected chi connectivity index (χ0v) is 10.4. The molecule has 0 fully saturated rings. The topological polar surface area (TPSA) is 0 Å². The Morgan fingerprint density at radius 2 is 2.20 bits per heavy atom. The zero-order chi connectivity index (χ0) is 7.98. The number of benzene rings is 1. The van der Waals surface area contributed by atoms with E-state index in [-0.39, 0.29) is 5.02 Å². The summed E-state index contributed by atoms with van der Waals surface area (Å²) >= 11 is 9.55. The number of hydrogen-bond donors (Lipinski definition) is 0. The molecule has 50 valence electrons. The van der Waals surface area contributed by atoms with Gasteiger partial charge in [-0.25, -0.2) is 4.39 Å². The Labute approximate surface area is 80.8 Å². The monoisotopic (exact) mass is 272 g/mol. The van der Waals surface area contributed by atoms with E-state index in [4.69, 9.17) is 11.6 Å². The second-order valence-corrected chi connectivity index (χ2v) is 1.75. The first-order chi connectivity index (χ1) is 4.80. The molecule has 0 nitrogen and oxygen atoms in total. The average molecular weight is 275 g/mol. The van der Waals surface area contributed by atoms with Crippen LogP contribution < -0.4 is 0 Å². The van der Waals surface area contributed by atoms with Crippen molar-refractivity contribution in [2.24, 2.45) is 0 Å². The minimum absolute atomic E-state index is 0.118. The Morgan fingerprint density at radius 3 is 2.50 bits per heavy atom. The molecule has 0 aliphatic heterocycles. The van der Waals surface area contributed by atoms with Gasteiger partial charge in [0.2, 0.25) is 0 Å². The van der Waals surface area contributed by atoms with Crippen LogP contribution in [-0.2, 0) is 16.3 Å². The van der Waals surface area contributed by atoms with E-state index in [1.54, 1.807) is 0 Å². The fraction of sp³-hybridized carbons (Fsp3) is 0. The van der Waals surface area contributed by atoms with Gasteiger partial charge in [0.1, 0.15) is 0 Å². The fourth-order valence-electron chi connectivity index (χ4n) is 0.391. The maximum absolute atomic E-state index is 12.2. The Hall–Kier alpha value is 0.543. The Balaban J connectivity index is 0.000000371. The van der Waals surface area contributed by atoms with Crippen molar-refractivity contribution >= 4 is 25.2 Å². The van der Waals surface area contributed by atoms with Crippen molar-refractivity contribution in [2.45, 2.75) is 0 Å². The summed E-state index contributed by atoms with van der Waals surface area (Å²) in [5.41, 5.74) is 0. The molecule has 0 spiro atoms. The second kappa shape index (κ2) is 6.27. The zero-order valence-electron chi connectivity index (χ0n) is 5.07. The molecule has 4 heteroatoms. The molecule has 0 N–H and O–H groups in total. The quantitative estimate of drug-likeness (QED) is 0.504. The van der Waals surface area contributed by atoms with Crippen LogP contribution in [0, 0.1) is 11.9 Å². The summed E-state index contributed by atoms with van der Waals surface area (Å²) in [6.45, 7) is 0. The summed E-state index contributed by atoms with van der Waals surface area (Å²) in [5.74, 6) is -0.398. The van der Waals surface area contributed by atoms with Gasteiger partial charge in [0.25, 0.3) is 0 Å². The number of rotatable bonds is 0. The van der Waals surface area contributed by atoms with Crippen LogP contribution in [0.1, 0.15) is 0 Å². The van der Waals surface area contributed by atoms with Crippen LogP contribution in [0.4, 0.5) is 4.39 Å². The van der Waals surface area contributed by atoms with Gasteiger partial charge < -0.3 is 0 Å². The third-order valence-corrected chi connectivity index (χ3v) is 1.05. The van der Waals surface area contributed by atoms with Crippen LogP contribution in [0.15, 0.2) is 18.2 Å². The Bertz CT molecular complexity index is 174. The molecule has 1 aromatic rings. The van der Waals surface area contributed by atoms with Crippen molar-refractivity contribution in [3.63, 3.8) is 0 Å². The Kier molecular flexibility index (Phi) is 6.61. The van der Waals surface area contributed by atoms with E-state index >= 15 is 0 Å². The van der Waals surface area contributed by atoms with Crippen LogP contribution in [0.3, 0.4) is 0 Å². The summed E-state index contributed by atoms with van der Waals surface area (Å²) in [5, 5.41) is 0.118. The van der Waals surface area contributed by atoms with E-state index < -0.39 is 5.82 Å². The van der Waals surface area contributed by atoms with Crippen molar-refractivity contribution in [1.29, 1.82) is 0 Å². The van der Waals surface area contributed by atoms with E-state index in [0.29, 0.717) is 0 Å². The maximum atomic E-state index is 12.2. The molecule has 1 aromatic carbocycles. The first kappa shape index (κ1) is 10.5. The van der Waals surface area contributed by atoms with Gasteiger partial charge in [0.05, 0.1) is 0 Å². The van der Waals surface area contributed by atoms with Gasteiger partial charge in [-0.1, -0.05) is 0 Å². The van der Waals surface area contributed by atoms with E-state index in [2.05, 4.69) is 19.7 Å². The summed E-state index contributed by atoms with van der Waals surface area (Å²) < 4.78 is 12.2. The van der Waals surface area contributed by atoms with Gasteiger partial charge >= 0.3 is 30.0 Å². The summed E-state index contributed by atoms with van der Waals surface area (Å²) in [7, 11) is 0. The third kappa shape index (κ3) is 3.65. The van der Waals surface area contributed by atoms with Crippen molar-refractivity contribution in [1.82, 2.24) is 0 Å². The standard InChI is InChI=1S/C6H3ClF.BrH.Zn/c7-5-3-1-2-4-6(5)8;;/h2-4H;1H;/q-1;;+2/p-1. The van der Waals surface area contributed by atoms with Crippen molar-refractivity contribution in [3.8, 4) is 0 Å². The molecule has 0 amide bonds. The molecule has 0 saturated carbocycles. The van der Waals surface area contributed by atoms with E-state index in [9.17, 15) is 4.39 Å². The fourth-order valence-corrected chi connectivity index (χ4v) is 0.517. The molecule has 0 unspecified atom stereocenters. The molecule has 0 atom stereocenters. The van der Waals surface area contributed by atoms with E-state index in [1.165, 1.54) is 34.5 Å². The molecular formula is C6H3BrClFZn. The van der Waals surface area contributed by atoms with Crippen LogP contribution in [0.5, 0.6) is 0 Å². The first-order valence-corrected chi connectivity index (χ1v) is 9.71. The molecule has 0 saturated heterocycles. The van der Waals surface area contributed by atoms with Crippen molar-refractivity contribution < 1.29 is 20.7 Å². The second-order valence-electron chi connectivity index (χ2n) is 1.34. The normalized spacial score (nSPS) is 8.10. The molecule has 10 heavy (non-hydrogen) atoms. The molecule has 0 aliphatic rings. The predicted octanol–water partition coefficient (Wildman–Crippen LogP) is 3.12. The number of halogens is 3. The van der Waals surface area contributed by atoms with Crippen molar-refractivity contribution in [2.75, 3.05) is 0 Å². The van der Waals surface area contributed by atoms with Crippen LogP contribution in [0.25, 0.3) is 0 Å². The van der Waals surface area contributed by atoms with Crippen LogP contribution in [-0.4, -0.2) is 0 Å². The summed E-state index contributed by atoms with van der Waals surface area (Å²) in [6.07, 6.45) is 0. The van der Waals surface area contributed by atoms with Gasteiger partial charge in [-0.15, -0.1) is 6.07 Å². The number of hydrogen-bond acceptors (Lipinski definition) is 0. The molecule has 0 radical (unpaired) electrons. The van der Waals surface area contributed by atoms with Crippen LogP contribution in [0.2, 0.25) is 5.02 Å². The van der Waals surface area contributed by atoms with Gasteiger partial charge in [0, 0.05) is 5.82 Å². The van der Waals surface area contributed by atoms with Crippen LogP contribution >= 0.6 is 25.2 Å². The van der Waals surface area contributed by atoms with Gasteiger partial charge in [-0.2, -0.15) is 29.8 Å². The molecular weight excluding hydrogens is 272 g/mol. The molecule has 0 aromatic heterocycles. The average Bonchev–Trinajstić information content (AvgIpc) is 2.00. The molecule has 1 rings (SSSR count). The Morgan fingerprint density at radius 1 is 1.60 bits per heavy atom. The summed E-state index contributed by atoms with van der Waals surface area (Å²) in [4.78, 5) is 0. The van der Waals surface area contributed by atoms with Gasteiger partial charge in [0.15, 0.2) is 0 Å². The molecule has 0 heterocycles. The third-order valence-electron chi connectivity index (χ3n) is 0.764. The predicted molar refractivity (Wildman–Crippen MR) is 39.2 cm³/mol. The van der Waals surface area contributed by atoms with E-state index in [0.717, 1.165) is 0 Å². The van der Waals surface area contributed by atoms with Gasteiger partial charge in [-0.3, -0.25) is 0 Å².